The average Bonchev–Trinajstić information content (AvgIpc) is 1.88. The van der Waals surface area contributed by atoms with Gasteiger partial charge in [-0.15, -0.1) is 0 Å². The second-order valence-corrected chi connectivity index (χ2v) is 2.60. The molecule has 0 aromatic rings. The number of aliphatic hydroxyl groups excluding tert-OH is 3. The van der Waals surface area contributed by atoms with E-state index in [0.29, 0.717) is 6.42 Å². The van der Waals surface area contributed by atoms with Gasteiger partial charge in [0.05, 0.1) is 18.8 Å². The summed E-state index contributed by atoms with van der Waals surface area (Å²) < 4.78 is 0. The van der Waals surface area contributed by atoms with Crippen molar-refractivity contribution in [1.82, 2.24) is 0 Å². The Balaban J connectivity index is 2.53. The predicted molar refractivity (Wildman–Crippen MR) is 36.3 cm³/mol. The summed E-state index contributed by atoms with van der Waals surface area (Å²) in [7, 11) is 0. The topological polar surface area (TPSA) is 60.7 Å². The van der Waals surface area contributed by atoms with Crippen molar-refractivity contribution in [2.45, 2.75) is 18.6 Å². The van der Waals surface area contributed by atoms with E-state index in [0.717, 1.165) is 0 Å². The van der Waals surface area contributed by atoms with Crippen molar-refractivity contribution < 1.29 is 15.3 Å². The maximum absolute atomic E-state index is 9.17. The zero-order valence-electron chi connectivity index (χ0n) is 5.64. The molecule has 0 unspecified atom stereocenters. The Morgan fingerprint density at radius 1 is 1.30 bits per heavy atom. The van der Waals surface area contributed by atoms with Crippen molar-refractivity contribution in [1.29, 1.82) is 0 Å². The van der Waals surface area contributed by atoms with Gasteiger partial charge in [0.2, 0.25) is 0 Å². The van der Waals surface area contributed by atoms with Crippen molar-refractivity contribution in [3.63, 3.8) is 0 Å². The highest BCUT2D eigenvalue weighted by Gasteiger charge is 2.22. The summed E-state index contributed by atoms with van der Waals surface area (Å²) in [5.41, 5.74) is 0. The van der Waals surface area contributed by atoms with Crippen LogP contribution in [0.5, 0.6) is 0 Å². The minimum Gasteiger partial charge on any atom is -0.396 e. The maximum Gasteiger partial charge on any atom is 0.0745 e. The number of hydrogen-bond acceptors (Lipinski definition) is 3. The Hall–Kier alpha value is -0.380. The summed E-state index contributed by atoms with van der Waals surface area (Å²) in [5.74, 6) is -0.191. The van der Waals surface area contributed by atoms with E-state index in [1.165, 1.54) is 0 Å². The maximum atomic E-state index is 9.17. The molecule has 1 aliphatic carbocycles. The molecule has 58 valence electrons. The van der Waals surface area contributed by atoms with Gasteiger partial charge >= 0.3 is 0 Å². The van der Waals surface area contributed by atoms with Crippen LogP contribution in [-0.2, 0) is 0 Å². The van der Waals surface area contributed by atoms with Crippen LogP contribution in [0.15, 0.2) is 12.2 Å². The van der Waals surface area contributed by atoms with E-state index in [1.54, 1.807) is 12.2 Å². The summed E-state index contributed by atoms with van der Waals surface area (Å²) in [6, 6.07) is 0. The molecule has 10 heavy (non-hydrogen) atoms. The minimum absolute atomic E-state index is 0.0512. The minimum atomic E-state index is -0.593. The van der Waals surface area contributed by atoms with E-state index in [4.69, 9.17) is 15.3 Å². The smallest absolute Gasteiger partial charge is 0.0745 e. The SMILES string of the molecule is OC[C@@H]1C=C[C@@H](O)C[C@@H]1O. The number of aliphatic hydroxyl groups is 3. The molecule has 0 aromatic heterocycles. The van der Waals surface area contributed by atoms with Gasteiger partial charge in [-0.05, 0) is 0 Å². The third-order valence-corrected chi connectivity index (χ3v) is 1.77. The fourth-order valence-electron chi connectivity index (χ4n) is 1.08. The Morgan fingerprint density at radius 2 is 2.00 bits per heavy atom. The van der Waals surface area contributed by atoms with Gasteiger partial charge in [0.25, 0.3) is 0 Å². The Bertz CT molecular complexity index is 133. The summed E-state index contributed by atoms with van der Waals surface area (Å²) in [6.45, 7) is -0.0512. The molecule has 0 aromatic carbocycles. The van der Waals surface area contributed by atoms with Crippen LogP contribution < -0.4 is 0 Å². The lowest BCUT2D eigenvalue weighted by molar-refractivity contribution is 0.0426. The van der Waals surface area contributed by atoms with Crippen LogP contribution in [0.1, 0.15) is 6.42 Å². The molecular weight excluding hydrogens is 132 g/mol. The van der Waals surface area contributed by atoms with Gasteiger partial charge in [-0.25, -0.2) is 0 Å². The summed E-state index contributed by atoms with van der Waals surface area (Å²) in [6.07, 6.45) is 2.46. The zero-order valence-corrected chi connectivity index (χ0v) is 5.64. The molecule has 0 heterocycles. The lowest BCUT2D eigenvalue weighted by Crippen LogP contribution is -2.29. The third-order valence-electron chi connectivity index (χ3n) is 1.77. The first-order valence-electron chi connectivity index (χ1n) is 3.39. The summed E-state index contributed by atoms with van der Waals surface area (Å²) >= 11 is 0. The Labute approximate surface area is 59.6 Å². The van der Waals surface area contributed by atoms with Crippen LogP contribution in [0.2, 0.25) is 0 Å². The van der Waals surface area contributed by atoms with Gasteiger partial charge in [-0.2, -0.15) is 0 Å². The third kappa shape index (κ3) is 1.56. The Kier molecular flexibility index (Phi) is 2.43. The van der Waals surface area contributed by atoms with Crippen molar-refractivity contribution in [2.24, 2.45) is 5.92 Å². The van der Waals surface area contributed by atoms with Crippen molar-refractivity contribution in [3.05, 3.63) is 12.2 Å². The van der Waals surface area contributed by atoms with Crippen LogP contribution in [0.4, 0.5) is 0 Å². The van der Waals surface area contributed by atoms with Gasteiger partial charge < -0.3 is 15.3 Å². The van der Waals surface area contributed by atoms with Gasteiger partial charge in [0.1, 0.15) is 0 Å². The van der Waals surface area contributed by atoms with Gasteiger partial charge in [-0.3, -0.25) is 0 Å². The van der Waals surface area contributed by atoms with Crippen molar-refractivity contribution >= 4 is 0 Å². The molecule has 0 saturated heterocycles. The predicted octanol–water partition coefficient (Wildman–Crippen LogP) is -0.723. The number of rotatable bonds is 1. The van der Waals surface area contributed by atoms with Crippen molar-refractivity contribution in [3.8, 4) is 0 Å². The van der Waals surface area contributed by atoms with Crippen LogP contribution in [0.3, 0.4) is 0 Å². The molecule has 0 radical (unpaired) electrons. The molecule has 0 saturated carbocycles. The van der Waals surface area contributed by atoms with E-state index in [9.17, 15) is 0 Å². The van der Waals surface area contributed by atoms with Crippen molar-refractivity contribution in [2.75, 3.05) is 6.61 Å². The van der Waals surface area contributed by atoms with Gasteiger partial charge in [0.15, 0.2) is 0 Å². The van der Waals surface area contributed by atoms with Gasteiger partial charge in [-0.1, -0.05) is 12.2 Å². The fourth-order valence-corrected chi connectivity index (χ4v) is 1.08. The second-order valence-electron chi connectivity index (χ2n) is 2.60. The first-order chi connectivity index (χ1) is 4.74. The van der Waals surface area contributed by atoms with E-state index < -0.39 is 12.2 Å². The summed E-state index contributed by atoms with van der Waals surface area (Å²) in [4.78, 5) is 0. The zero-order chi connectivity index (χ0) is 7.56. The Morgan fingerprint density at radius 3 is 2.50 bits per heavy atom. The molecule has 1 aliphatic rings. The van der Waals surface area contributed by atoms with Gasteiger partial charge in [0, 0.05) is 12.3 Å². The largest absolute Gasteiger partial charge is 0.396 e. The summed E-state index contributed by atoms with van der Waals surface area (Å²) in [5, 5.41) is 26.8. The highest BCUT2D eigenvalue weighted by molar-refractivity contribution is 5.01. The first kappa shape index (κ1) is 7.72. The van der Waals surface area contributed by atoms with Crippen LogP contribution in [-0.4, -0.2) is 34.1 Å². The van der Waals surface area contributed by atoms with Crippen LogP contribution in [0, 0.1) is 5.92 Å². The fraction of sp³-hybridized carbons (Fsp3) is 0.714. The lowest BCUT2D eigenvalue weighted by atomic mass is 9.92. The van der Waals surface area contributed by atoms with E-state index in [2.05, 4.69) is 0 Å². The molecule has 1 rings (SSSR count). The second kappa shape index (κ2) is 3.14. The first-order valence-corrected chi connectivity index (χ1v) is 3.39. The average molecular weight is 144 g/mol. The molecular formula is C7H12O3. The normalized spacial score (nSPS) is 40.1. The molecule has 3 N–H and O–H groups in total. The van der Waals surface area contributed by atoms with E-state index in [1.807, 2.05) is 0 Å². The van der Waals surface area contributed by atoms with Crippen LogP contribution >= 0.6 is 0 Å². The molecule has 0 aliphatic heterocycles. The quantitative estimate of drug-likeness (QED) is 0.425. The molecule has 0 spiro atoms. The monoisotopic (exact) mass is 144 g/mol. The highest BCUT2D eigenvalue weighted by atomic mass is 16.3. The number of hydrogen-bond donors (Lipinski definition) is 3. The molecule has 0 amide bonds. The van der Waals surface area contributed by atoms with Crippen LogP contribution in [0.25, 0.3) is 0 Å². The molecule has 3 atom stereocenters. The standard InChI is InChI=1S/C7H12O3/c8-4-5-1-2-6(9)3-7(5)10/h1-2,5-10H,3-4H2/t5-,6+,7-/m0/s1. The lowest BCUT2D eigenvalue weighted by Gasteiger charge is -2.23. The highest BCUT2D eigenvalue weighted by Crippen LogP contribution is 2.17. The molecule has 3 heteroatoms. The van der Waals surface area contributed by atoms with E-state index in [-0.39, 0.29) is 12.5 Å². The molecule has 0 bridgehead atoms. The molecule has 0 fully saturated rings. The van der Waals surface area contributed by atoms with E-state index >= 15 is 0 Å². The molecule has 3 nitrogen and oxygen atoms in total.